The molecule has 0 saturated heterocycles. The summed E-state index contributed by atoms with van der Waals surface area (Å²) in [5.41, 5.74) is 0.296. The summed E-state index contributed by atoms with van der Waals surface area (Å²) in [7, 11) is 1.97. The summed E-state index contributed by atoms with van der Waals surface area (Å²) < 4.78 is 0. The van der Waals surface area contributed by atoms with Crippen molar-refractivity contribution < 1.29 is 25.2 Å². The van der Waals surface area contributed by atoms with Gasteiger partial charge in [-0.15, -0.1) is 0 Å². The number of hydrogen-bond donors (Lipinski definition) is 4. The average molecular weight is 398 g/mol. The largest absolute Gasteiger partial charge is 0.507 e. The highest BCUT2D eigenvalue weighted by Gasteiger charge is 2.21. The van der Waals surface area contributed by atoms with E-state index < -0.39 is 5.97 Å². The molecule has 9 heteroatoms. The molecular formula is C20H22N4O5. The van der Waals surface area contributed by atoms with Crippen LogP contribution in [0.25, 0.3) is 22.1 Å². The fourth-order valence-electron chi connectivity index (χ4n) is 2.92. The fraction of sp³-hybridized carbons (Fsp3) is 0.300. The summed E-state index contributed by atoms with van der Waals surface area (Å²) in [5, 5.41) is 40.6. The molecule has 0 unspecified atom stereocenters. The van der Waals surface area contributed by atoms with E-state index in [9.17, 15) is 25.2 Å². The Morgan fingerprint density at radius 3 is 2.45 bits per heavy atom. The summed E-state index contributed by atoms with van der Waals surface area (Å²) in [6.45, 7) is 5.63. The van der Waals surface area contributed by atoms with Gasteiger partial charge in [0.05, 0.1) is 17.7 Å². The van der Waals surface area contributed by atoms with Gasteiger partial charge in [0.25, 0.3) is 0 Å². The Morgan fingerprint density at radius 1 is 1.10 bits per heavy atom. The van der Waals surface area contributed by atoms with Gasteiger partial charge in [0.2, 0.25) is 0 Å². The second-order valence-electron chi connectivity index (χ2n) is 6.72. The molecule has 1 aromatic heterocycles. The first-order valence-electron chi connectivity index (χ1n) is 9.05. The predicted octanol–water partition coefficient (Wildman–Crippen LogP) is 2.28. The van der Waals surface area contributed by atoms with Crippen LogP contribution in [0, 0.1) is 6.92 Å². The Labute approximate surface area is 166 Å². The molecule has 0 bridgehead atoms. The maximum Gasteiger partial charge on any atom is 0.337 e. The summed E-state index contributed by atoms with van der Waals surface area (Å²) in [6.07, 6.45) is 1.45. The number of nitrogens with zero attached hydrogens (tertiary/aromatic N) is 4. The number of hydrogen-bond acceptors (Lipinski definition) is 8. The molecule has 0 atom stereocenters. The van der Waals surface area contributed by atoms with Gasteiger partial charge in [-0.25, -0.2) is 14.8 Å². The monoisotopic (exact) mass is 398 g/mol. The lowest BCUT2D eigenvalue weighted by Crippen LogP contribution is -2.20. The number of carboxylic acids is 1. The molecule has 0 aliphatic heterocycles. The van der Waals surface area contributed by atoms with Crippen molar-refractivity contribution in [3.8, 4) is 17.2 Å². The minimum Gasteiger partial charge on any atom is -0.507 e. The molecule has 0 fully saturated rings. The zero-order chi connectivity index (χ0) is 21.3. The van der Waals surface area contributed by atoms with Crippen LogP contribution >= 0.6 is 0 Å². The van der Waals surface area contributed by atoms with Crippen molar-refractivity contribution in [3.63, 3.8) is 0 Å². The van der Waals surface area contributed by atoms with Gasteiger partial charge in [-0.3, -0.25) is 4.99 Å². The number of aromatic nitrogens is 2. The standard InChI is InChI=1S/C20H22N4O5/c1-4-24(3)8-7-21-9-12-15-17(19(27)10(2)18(12)26)23-14-11(20(28)29)5-6-13(25)16(14)22-15/h5-6,9,25-27H,4,7-8H2,1-3H3,(H,28,29). The minimum absolute atomic E-state index is 0.0213. The maximum absolute atomic E-state index is 11.5. The van der Waals surface area contributed by atoms with Gasteiger partial charge in [-0.2, -0.15) is 0 Å². The van der Waals surface area contributed by atoms with Gasteiger partial charge < -0.3 is 25.3 Å². The molecule has 0 aliphatic carbocycles. The maximum atomic E-state index is 11.5. The number of aromatic carboxylic acids is 1. The first-order chi connectivity index (χ1) is 13.8. The Balaban J connectivity index is 2.26. The molecule has 0 aliphatic rings. The zero-order valence-electron chi connectivity index (χ0n) is 16.3. The third kappa shape index (κ3) is 3.64. The van der Waals surface area contributed by atoms with Gasteiger partial charge in [-0.1, -0.05) is 6.92 Å². The highest BCUT2D eigenvalue weighted by Crippen LogP contribution is 2.38. The molecule has 2 aromatic carbocycles. The SMILES string of the molecule is CCN(C)CCN=Cc1c(O)c(C)c(O)c2nc3c(C(=O)O)ccc(O)c3nc12. The number of carbonyl (C=O) groups is 1. The van der Waals surface area contributed by atoms with Crippen LogP contribution in [0.5, 0.6) is 17.2 Å². The first-order valence-corrected chi connectivity index (χ1v) is 9.05. The van der Waals surface area contributed by atoms with Gasteiger partial charge in [0.1, 0.15) is 39.3 Å². The van der Waals surface area contributed by atoms with E-state index in [1.165, 1.54) is 25.3 Å². The normalized spacial score (nSPS) is 11.9. The second kappa shape index (κ2) is 7.88. The van der Waals surface area contributed by atoms with Crippen molar-refractivity contribution in [2.24, 2.45) is 4.99 Å². The van der Waals surface area contributed by atoms with Crippen LogP contribution in [-0.4, -0.2) is 74.2 Å². The molecule has 0 spiro atoms. The first kappa shape index (κ1) is 20.3. The Kier molecular flexibility index (Phi) is 5.51. The van der Waals surface area contributed by atoms with E-state index in [4.69, 9.17) is 0 Å². The molecule has 152 valence electrons. The molecule has 4 N–H and O–H groups in total. The quantitative estimate of drug-likeness (QED) is 0.366. The van der Waals surface area contributed by atoms with E-state index in [1.54, 1.807) is 0 Å². The number of fused-ring (bicyclic) bond motifs is 2. The van der Waals surface area contributed by atoms with Crippen molar-refractivity contribution in [3.05, 3.63) is 28.8 Å². The van der Waals surface area contributed by atoms with E-state index in [-0.39, 0.29) is 56.0 Å². The minimum atomic E-state index is -1.24. The third-order valence-electron chi connectivity index (χ3n) is 4.85. The Bertz CT molecular complexity index is 1140. The molecule has 0 saturated carbocycles. The van der Waals surface area contributed by atoms with Crippen LogP contribution in [-0.2, 0) is 0 Å². The third-order valence-corrected chi connectivity index (χ3v) is 4.85. The van der Waals surface area contributed by atoms with Crippen LogP contribution in [0.4, 0.5) is 0 Å². The number of likely N-dealkylation sites (N-methyl/N-ethyl adjacent to an activating group) is 1. The van der Waals surface area contributed by atoms with E-state index in [2.05, 4.69) is 19.9 Å². The highest BCUT2D eigenvalue weighted by atomic mass is 16.4. The van der Waals surface area contributed by atoms with Gasteiger partial charge in [-0.05, 0) is 32.6 Å². The predicted molar refractivity (Wildman–Crippen MR) is 109 cm³/mol. The smallest absolute Gasteiger partial charge is 0.337 e. The number of rotatable bonds is 6. The van der Waals surface area contributed by atoms with Crippen LogP contribution < -0.4 is 0 Å². The Morgan fingerprint density at radius 2 is 1.79 bits per heavy atom. The van der Waals surface area contributed by atoms with Crippen molar-refractivity contribution >= 4 is 34.3 Å². The van der Waals surface area contributed by atoms with Gasteiger partial charge in [0.15, 0.2) is 0 Å². The van der Waals surface area contributed by atoms with E-state index >= 15 is 0 Å². The van der Waals surface area contributed by atoms with Crippen LogP contribution in [0.2, 0.25) is 0 Å². The summed E-state index contributed by atoms with van der Waals surface area (Å²) in [5.74, 6) is -2.01. The van der Waals surface area contributed by atoms with Crippen LogP contribution in [0.15, 0.2) is 17.1 Å². The number of phenols is 3. The Hall–Kier alpha value is -3.46. The lowest BCUT2D eigenvalue weighted by molar-refractivity contribution is 0.0699. The van der Waals surface area contributed by atoms with E-state index in [1.807, 2.05) is 14.0 Å². The lowest BCUT2D eigenvalue weighted by atomic mass is 10.0. The van der Waals surface area contributed by atoms with Crippen molar-refractivity contribution in [1.29, 1.82) is 0 Å². The second-order valence-corrected chi connectivity index (χ2v) is 6.72. The molecule has 3 rings (SSSR count). The summed E-state index contributed by atoms with van der Waals surface area (Å²) in [6, 6.07) is 2.44. The molecule has 0 amide bonds. The molecule has 1 heterocycles. The summed E-state index contributed by atoms with van der Waals surface area (Å²) in [4.78, 5) is 26.5. The number of carboxylic acid groups (broad SMARTS) is 1. The highest BCUT2D eigenvalue weighted by molar-refractivity contribution is 6.08. The van der Waals surface area contributed by atoms with Crippen molar-refractivity contribution in [2.75, 3.05) is 26.7 Å². The van der Waals surface area contributed by atoms with E-state index in [0.717, 1.165) is 13.1 Å². The van der Waals surface area contributed by atoms with E-state index in [0.29, 0.717) is 6.54 Å². The van der Waals surface area contributed by atoms with Crippen LogP contribution in [0.3, 0.4) is 0 Å². The molecule has 3 aromatic rings. The number of aromatic hydroxyl groups is 3. The van der Waals surface area contributed by atoms with Gasteiger partial charge in [0, 0.05) is 18.3 Å². The van der Waals surface area contributed by atoms with Crippen molar-refractivity contribution in [1.82, 2.24) is 14.9 Å². The number of aliphatic imine (C=N–C) groups is 1. The number of phenolic OH excluding ortho intramolecular Hbond substituents is 3. The summed E-state index contributed by atoms with van der Waals surface area (Å²) >= 11 is 0. The zero-order valence-corrected chi connectivity index (χ0v) is 16.3. The molecule has 0 radical (unpaired) electrons. The lowest BCUT2D eigenvalue weighted by Gasteiger charge is -2.13. The molecule has 29 heavy (non-hydrogen) atoms. The van der Waals surface area contributed by atoms with Crippen molar-refractivity contribution in [2.45, 2.75) is 13.8 Å². The molecular weight excluding hydrogens is 376 g/mol. The number of benzene rings is 2. The molecule has 9 nitrogen and oxygen atoms in total. The van der Waals surface area contributed by atoms with Crippen LogP contribution in [0.1, 0.15) is 28.4 Å². The van der Waals surface area contributed by atoms with Gasteiger partial charge >= 0.3 is 5.97 Å². The fourth-order valence-corrected chi connectivity index (χ4v) is 2.92. The topological polar surface area (TPSA) is 139 Å². The average Bonchev–Trinajstić information content (AvgIpc) is 2.70.